The number of aryl methyl sites for hydroxylation is 1. The molecule has 0 atom stereocenters. The van der Waals surface area contributed by atoms with Crippen molar-refractivity contribution in [1.29, 1.82) is 0 Å². The molecule has 0 aromatic carbocycles. The van der Waals surface area contributed by atoms with Crippen LogP contribution in [-0.2, 0) is 6.42 Å². The monoisotopic (exact) mass is 261 g/mol. The van der Waals surface area contributed by atoms with Crippen molar-refractivity contribution in [2.24, 2.45) is 0 Å². The zero-order valence-electron chi connectivity index (χ0n) is 7.43. The molecule has 0 fully saturated rings. The number of rotatable bonds is 4. The van der Waals surface area contributed by atoms with E-state index < -0.39 is 0 Å². The number of hydrogen-bond acceptors (Lipinski definition) is 2. The van der Waals surface area contributed by atoms with Gasteiger partial charge in [0, 0.05) is 6.20 Å². The SMILES string of the molecule is CC[CH]CCc1nc(Cl)ncc1Br. The number of hydrogen-bond donors (Lipinski definition) is 0. The summed E-state index contributed by atoms with van der Waals surface area (Å²) in [6, 6.07) is 0. The van der Waals surface area contributed by atoms with Gasteiger partial charge in [-0.25, -0.2) is 9.97 Å². The van der Waals surface area contributed by atoms with Crippen molar-refractivity contribution >= 4 is 27.5 Å². The molecule has 1 rings (SSSR count). The fourth-order valence-electron chi connectivity index (χ4n) is 0.996. The zero-order chi connectivity index (χ0) is 9.68. The molecule has 1 aromatic heterocycles. The van der Waals surface area contributed by atoms with Gasteiger partial charge in [-0.05, 0) is 46.8 Å². The normalized spacial score (nSPS) is 10.4. The molecule has 0 aliphatic heterocycles. The van der Waals surface area contributed by atoms with Gasteiger partial charge in [-0.3, -0.25) is 0 Å². The summed E-state index contributed by atoms with van der Waals surface area (Å²) in [6.07, 6.45) is 6.95. The first-order valence-electron chi connectivity index (χ1n) is 4.22. The topological polar surface area (TPSA) is 25.8 Å². The second kappa shape index (κ2) is 5.55. The van der Waals surface area contributed by atoms with Crippen LogP contribution in [0.25, 0.3) is 0 Å². The van der Waals surface area contributed by atoms with Gasteiger partial charge < -0.3 is 0 Å². The van der Waals surface area contributed by atoms with Gasteiger partial charge in [0.1, 0.15) is 0 Å². The average molecular weight is 263 g/mol. The largest absolute Gasteiger partial charge is 0.225 e. The molecule has 0 amide bonds. The second-order valence-corrected chi connectivity index (χ2v) is 3.86. The lowest BCUT2D eigenvalue weighted by atomic mass is 10.1. The van der Waals surface area contributed by atoms with Crippen LogP contribution >= 0.6 is 27.5 Å². The van der Waals surface area contributed by atoms with Crippen molar-refractivity contribution in [3.8, 4) is 0 Å². The minimum absolute atomic E-state index is 0.315. The van der Waals surface area contributed by atoms with Gasteiger partial charge in [0.2, 0.25) is 5.28 Å². The molecule has 0 N–H and O–H groups in total. The maximum atomic E-state index is 5.68. The van der Waals surface area contributed by atoms with Crippen molar-refractivity contribution < 1.29 is 0 Å². The summed E-state index contributed by atoms with van der Waals surface area (Å²) in [5.74, 6) is 0. The molecule has 0 unspecified atom stereocenters. The van der Waals surface area contributed by atoms with E-state index >= 15 is 0 Å². The maximum Gasteiger partial charge on any atom is 0.222 e. The van der Waals surface area contributed by atoms with E-state index in [1.165, 1.54) is 0 Å². The molecular formula is C9H11BrClN2. The average Bonchev–Trinajstić information content (AvgIpc) is 2.11. The van der Waals surface area contributed by atoms with Crippen LogP contribution in [0.3, 0.4) is 0 Å². The van der Waals surface area contributed by atoms with Crippen LogP contribution in [0.1, 0.15) is 25.5 Å². The van der Waals surface area contributed by atoms with E-state index in [1.54, 1.807) is 6.20 Å². The van der Waals surface area contributed by atoms with Crippen LogP contribution in [0.5, 0.6) is 0 Å². The molecule has 2 nitrogen and oxygen atoms in total. The van der Waals surface area contributed by atoms with Gasteiger partial charge in [-0.15, -0.1) is 0 Å². The molecule has 0 saturated heterocycles. The molecule has 13 heavy (non-hydrogen) atoms. The number of aromatic nitrogens is 2. The Labute approximate surface area is 91.9 Å². The van der Waals surface area contributed by atoms with Crippen molar-refractivity contribution in [2.45, 2.75) is 26.2 Å². The van der Waals surface area contributed by atoms with Crippen LogP contribution < -0.4 is 0 Å². The van der Waals surface area contributed by atoms with E-state index in [1.807, 2.05) is 0 Å². The summed E-state index contributed by atoms with van der Waals surface area (Å²) in [5, 5.41) is 0.315. The quantitative estimate of drug-likeness (QED) is 0.614. The Hall–Kier alpha value is -0.150. The predicted octanol–water partition coefficient (Wildman–Crippen LogP) is 3.44. The van der Waals surface area contributed by atoms with Crippen molar-refractivity contribution in [3.05, 3.63) is 28.1 Å². The lowest BCUT2D eigenvalue weighted by molar-refractivity contribution is 0.840. The minimum atomic E-state index is 0.315. The van der Waals surface area contributed by atoms with Crippen LogP contribution in [-0.4, -0.2) is 9.97 Å². The molecule has 1 aromatic rings. The van der Waals surface area contributed by atoms with Crippen molar-refractivity contribution in [2.75, 3.05) is 0 Å². The Morgan fingerprint density at radius 2 is 2.38 bits per heavy atom. The van der Waals surface area contributed by atoms with Crippen molar-refractivity contribution in [1.82, 2.24) is 9.97 Å². The summed E-state index contributed by atoms with van der Waals surface area (Å²) < 4.78 is 0.932. The first-order valence-corrected chi connectivity index (χ1v) is 5.39. The minimum Gasteiger partial charge on any atom is -0.225 e. The fraction of sp³-hybridized carbons (Fsp3) is 0.444. The number of nitrogens with zero attached hydrogens (tertiary/aromatic N) is 2. The Morgan fingerprint density at radius 3 is 3.08 bits per heavy atom. The van der Waals surface area contributed by atoms with E-state index in [2.05, 4.69) is 39.2 Å². The molecule has 0 spiro atoms. The van der Waals surface area contributed by atoms with Crippen LogP contribution in [0.2, 0.25) is 5.28 Å². The molecule has 1 radical (unpaired) electrons. The summed E-state index contributed by atoms with van der Waals surface area (Å²) >= 11 is 9.06. The highest BCUT2D eigenvalue weighted by Gasteiger charge is 2.02. The standard InChI is InChI=1S/C9H11BrClN2/c1-2-3-4-5-8-7(10)6-12-9(11)13-8/h3,6H,2,4-5H2,1H3. The van der Waals surface area contributed by atoms with Gasteiger partial charge in [-0.1, -0.05) is 13.3 Å². The van der Waals surface area contributed by atoms with Gasteiger partial charge in [0.05, 0.1) is 10.2 Å². The molecule has 0 aliphatic carbocycles. The highest BCUT2D eigenvalue weighted by molar-refractivity contribution is 9.10. The lowest BCUT2D eigenvalue weighted by Gasteiger charge is -2.01. The van der Waals surface area contributed by atoms with Crippen LogP contribution in [0, 0.1) is 6.42 Å². The molecule has 4 heteroatoms. The summed E-state index contributed by atoms with van der Waals surface area (Å²) in [4.78, 5) is 8.00. The summed E-state index contributed by atoms with van der Waals surface area (Å²) in [5.41, 5.74) is 0.977. The second-order valence-electron chi connectivity index (χ2n) is 2.67. The fourth-order valence-corrected chi connectivity index (χ4v) is 1.54. The first kappa shape index (κ1) is 10.9. The summed E-state index contributed by atoms with van der Waals surface area (Å²) in [7, 11) is 0. The predicted molar refractivity (Wildman–Crippen MR) is 57.7 cm³/mol. The summed E-state index contributed by atoms with van der Waals surface area (Å²) in [6.45, 7) is 2.13. The third kappa shape index (κ3) is 3.61. The first-order chi connectivity index (χ1) is 6.24. The number of unbranched alkanes of at least 4 members (excludes halogenated alkanes) is 2. The van der Waals surface area contributed by atoms with E-state index in [0.717, 1.165) is 29.4 Å². The Kier molecular flexibility index (Phi) is 4.67. The third-order valence-corrected chi connectivity index (χ3v) is 2.51. The zero-order valence-corrected chi connectivity index (χ0v) is 9.77. The van der Waals surface area contributed by atoms with Crippen LogP contribution in [0.4, 0.5) is 0 Å². The van der Waals surface area contributed by atoms with Gasteiger partial charge >= 0.3 is 0 Å². The Bertz CT molecular complexity index is 278. The Morgan fingerprint density at radius 1 is 1.62 bits per heavy atom. The smallest absolute Gasteiger partial charge is 0.222 e. The third-order valence-electron chi connectivity index (χ3n) is 1.66. The number of halogens is 2. The maximum absolute atomic E-state index is 5.68. The Balaban J connectivity index is 2.59. The van der Waals surface area contributed by atoms with Gasteiger partial charge in [0.15, 0.2) is 0 Å². The van der Waals surface area contributed by atoms with E-state index in [9.17, 15) is 0 Å². The molecule has 0 aliphatic rings. The molecule has 0 saturated carbocycles. The molecule has 71 valence electrons. The van der Waals surface area contributed by atoms with E-state index in [-0.39, 0.29) is 0 Å². The van der Waals surface area contributed by atoms with Gasteiger partial charge in [0.25, 0.3) is 0 Å². The van der Waals surface area contributed by atoms with Gasteiger partial charge in [-0.2, -0.15) is 0 Å². The lowest BCUT2D eigenvalue weighted by Crippen LogP contribution is -1.94. The van der Waals surface area contributed by atoms with Crippen molar-refractivity contribution in [3.63, 3.8) is 0 Å². The van der Waals surface area contributed by atoms with E-state index in [0.29, 0.717) is 5.28 Å². The van der Waals surface area contributed by atoms with E-state index in [4.69, 9.17) is 11.6 Å². The molecule has 0 bridgehead atoms. The molecular weight excluding hydrogens is 251 g/mol. The van der Waals surface area contributed by atoms with Crippen LogP contribution in [0.15, 0.2) is 10.7 Å². The molecule has 1 heterocycles. The highest BCUT2D eigenvalue weighted by Crippen LogP contribution is 2.17. The highest BCUT2D eigenvalue weighted by atomic mass is 79.9.